The number of likely N-dealkylation sites (tertiary alicyclic amines) is 2. The standard InChI is InChI=1S/C46H40N2O8/c1-5-37(31-21-25-33(53-3)26-22-31)41(49)39-43(55-35-17-11-9-12-18-35)45(51)47(39)29-15-7-8-16-30-48-40(44(46(48)52)56-36-19-13-10-14-20-36)42(50)38(6-2)32-23-27-34(54-4)28-24-32/h9-14,17-28,39-44,49-50H,1-2,29-30H2,3-4H3/t39-,40-,41+,42+,43+,44+/m0/s1. The maximum Gasteiger partial charge on any atom is 0.267 e. The van der Waals surface area contributed by atoms with Crippen LogP contribution in [0.15, 0.2) is 134 Å². The SMILES string of the molecule is C=C=C(c1ccc(OC)cc1)[C@@H](O)[C@H]1[C@@H](Oc2ccccc2)C(=O)N1CC#CC#CCN1C(=O)[C@H](Oc2ccccc2)[C@@H]1[C@H](O)C(=C=C)c1ccc(OC)cc1. The Hall–Kier alpha value is -6.90. The largest absolute Gasteiger partial charge is 0.497 e. The first-order chi connectivity index (χ1) is 27.3. The van der Waals surface area contributed by atoms with Gasteiger partial charge in [0.25, 0.3) is 11.8 Å². The van der Waals surface area contributed by atoms with Gasteiger partial charge < -0.3 is 39.0 Å². The van der Waals surface area contributed by atoms with Crippen molar-refractivity contribution in [2.45, 2.75) is 36.5 Å². The number of aliphatic hydroxyl groups excluding tert-OH is 2. The minimum absolute atomic E-state index is 0.0523. The summed E-state index contributed by atoms with van der Waals surface area (Å²) in [5.74, 6) is 12.8. The highest BCUT2D eigenvalue weighted by Crippen LogP contribution is 2.35. The molecule has 6 atom stereocenters. The number of β-lactam (4-membered cyclic amide) rings is 2. The zero-order valence-electron chi connectivity index (χ0n) is 30.9. The first-order valence-electron chi connectivity index (χ1n) is 17.7. The van der Waals surface area contributed by atoms with E-state index in [1.165, 1.54) is 9.80 Å². The Morgan fingerprint density at radius 2 is 0.946 bits per heavy atom. The van der Waals surface area contributed by atoms with Crippen molar-refractivity contribution >= 4 is 23.0 Å². The van der Waals surface area contributed by atoms with Crippen LogP contribution in [0.25, 0.3) is 11.1 Å². The molecule has 6 rings (SSSR count). The van der Waals surface area contributed by atoms with Crippen molar-refractivity contribution in [1.29, 1.82) is 0 Å². The number of ether oxygens (including phenoxy) is 4. The summed E-state index contributed by atoms with van der Waals surface area (Å²) >= 11 is 0. The fourth-order valence-corrected chi connectivity index (χ4v) is 6.62. The average Bonchev–Trinajstić information content (AvgIpc) is 3.24. The van der Waals surface area contributed by atoms with Crippen LogP contribution in [-0.2, 0) is 9.59 Å². The summed E-state index contributed by atoms with van der Waals surface area (Å²) in [6.45, 7) is 7.48. The van der Waals surface area contributed by atoms with Crippen LogP contribution < -0.4 is 18.9 Å². The molecule has 0 bridgehead atoms. The molecule has 2 aliphatic heterocycles. The van der Waals surface area contributed by atoms with E-state index in [0.29, 0.717) is 45.3 Å². The molecule has 0 saturated carbocycles. The molecule has 10 heteroatoms. The Bertz CT molecular complexity index is 2090. The summed E-state index contributed by atoms with van der Waals surface area (Å²) < 4.78 is 22.6. The number of hydrogen-bond acceptors (Lipinski definition) is 8. The quantitative estimate of drug-likeness (QED) is 0.108. The van der Waals surface area contributed by atoms with Gasteiger partial charge in [0.05, 0.1) is 27.3 Å². The Labute approximate surface area is 326 Å². The number of methoxy groups -OCH3 is 2. The Morgan fingerprint density at radius 1 is 0.589 bits per heavy atom. The van der Waals surface area contributed by atoms with Crippen molar-refractivity contribution in [3.05, 3.63) is 145 Å². The third-order valence-electron chi connectivity index (χ3n) is 9.57. The van der Waals surface area contributed by atoms with Crippen molar-refractivity contribution in [3.63, 3.8) is 0 Å². The molecule has 4 aromatic carbocycles. The van der Waals surface area contributed by atoms with Crippen LogP contribution in [0.5, 0.6) is 23.0 Å². The molecule has 0 unspecified atom stereocenters. The second-order valence-electron chi connectivity index (χ2n) is 12.7. The Kier molecular flexibility index (Phi) is 12.4. The van der Waals surface area contributed by atoms with E-state index in [1.54, 1.807) is 111 Å². The normalized spacial score (nSPS) is 19.1. The van der Waals surface area contributed by atoms with Crippen molar-refractivity contribution < 1.29 is 38.7 Å². The fourth-order valence-electron chi connectivity index (χ4n) is 6.62. The molecule has 0 aliphatic carbocycles. The van der Waals surface area contributed by atoms with Gasteiger partial charge in [-0.25, -0.2) is 0 Å². The van der Waals surface area contributed by atoms with Crippen molar-refractivity contribution in [2.75, 3.05) is 27.3 Å². The lowest BCUT2D eigenvalue weighted by Gasteiger charge is -2.48. The van der Waals surface area contributed by atoms with E-state index in [-0.39, 0.29) is 24.9 Å². The molecule has 2 heterocycles. The number of carbonyl (C=O) groups is 2. The molecule has 0 aromatic heterocycles. The van der Waals surface area contributed by atoms with E-state index in [0.717, 1.165) is 0 Å². The summed E-state index contributed by atoms with van der Waals surface area (Å²) in [5.41, 5.74) is 7.76. The highest BCUT2D eigenvalue weighted by Gasteiger charge is 2.54. The molecular formula is C46H40N2O8. The van der Waals surface area contributed by atoms with Gasteiger partial charge in [0, 0.05) is 11.1 Å². The molecule has 2 amide bonds. The number of para-hydroxylation sites is 2. The third-order valence-corrected chi connectivity index (χ3v) is 9.57. The lowest BCUT2D eigenvalue weighted by Crippen LogP contribution is -2.71. The second kappa shape index (κ2) is 18.0. The fraction of sp³-hybridized carbons (Fsp3) is 0.217. The van der Waals surface area contributed by atoms with Gasteiger partial charge in [-0.1, -0.05) is 85.7 Å². The molecule has 2 fully saturated rings. The zero-order valence-corrected chi connectivity index (χ0v) is 30.9. The topological polar surface area (TPSA) is 118 Å². The minimum atomic E-state index is -1.21. The van der Waals surface area contributed by atoms with Gasteiger partial charge in [-0.2, -0.15) is 0 Å². The van der Waals surface area contributed by atoms with E-state index in [2.05, 4.69) is 48.3 Å². The summed E-state index contributed by atoms with van der Waals surface area (Å²) in [4.78, 5) is 29.7. The summed E-state index contributed by atoms with van der Waals surface area (Å²) in [6, 6.07) is 30.3. The number of amides is 2. The van der Waals surface area contributed by atoms with Crippen LogP contribution in [-0.4, -0.2) is 95.6 Å². The summed E-state index contributed by atoms with van der Waals surface area (Å²) in [7, 11) is 3.13. The van der Waals surface area contributed by atoms with Crippen LogP contribution >= 0.6 is 0 Å². The van der Waals surface area contributed by atoms with Crippen molar-refractivity contribution in [1.82, 2.24) is 9.80 Å². The van der Waals surface area contributed by atoms with Crippen molar-refractivity contribution in [3.8, 4) is 46.7 Å². The van der Waals surface area contributed by atoms with E-state index >= 15 is 0 Å². The lowest BCUT2D eigenvalue weighted by molar-refractivity contribution is -0.168. The third kappa shape index (κ3) is 8.26. The molecule has 0 radical (unpaired) electrons. The number of hydrogen-bond donors (Lipinski definition) is 2. The van der Waals surface area contributed by atoms with Crippen LogP contribution in [0.2, 0.25) is 0 Å². The maximum absolute atomic E-state index is 13.4. The highest BCUT2D eigenvalue weighted by molar-refractivity contribution is 5.91. The van der Waals surface area contributed by atoms with Gasteiger partial charge in [-0.05, 0) is 71.5 Å². The zero-order chi connectivity index (χ0) is 39.6. The molecular weight excluding hydrogens is 709 g/mol. The smallest absolute Gasteiger partial charge is 0.267 e. The Morgan fingerprint density at radius 3 is 1.27 bits per heavy atom. The molecule has 0 spiro atoms. The van der Waals surface area contributed by atoms with Gasteiger partial charge >= 0.3 is 0 Å². The predicted octanol–water partition coefficient (Wildman–Crippen LogP) is 4.79. The van der Waals surface area contributed by atoms with Crippen LogP contribution in [0.1, 0.15) is 11.1 Å². The van der Waals surface area contributed by atoms with E-state index in [9.17, 15) is 19.8 Å². The van der Waals surface area contributed by atoms with Gasteiger partial charge in [0.2, 0.25) is 0 Å². The van der Waals surface area contributed by atoms with Crippen LogP contribution in [0, 0.1) is 23.7 Å². The second-order valence-corrected chi connectivity index (χ2v) is 12.7. The molecule has 4 aromatic rings. The molecule has 56 heavy (non-hydrogen) atoms. The monoisotopic (exact) mass is 748 g/mol. The van der Waals surface area contributed by atoms with E-state index in [1.807, 2.05) is 12.1 Å². The number of carbonyl (C=O) groups excluding carboxylic acids is 2. The van der Waals surface area contributed by atoms with Crippen molar-refractivity contribution in [2.24, 2.45) is 0 Å². The minimum Gasteiger partial charge on any atom is -0.497 e. The van der Waals surface area contributed by atoms with Crippen LogP contribution in [0.4, 0.5) is 0 Å². The van der Waals surface area contributed by atoms with Gasteiger partial charge in [0.1, 0.15) is 47.3 Å². The van der Waals surface area contributed by atoms with Crippen LogP contribution in [0.3, 0.4) is 0 Å². The maximum atomic E-state index is 13.4. The van der Waals surface area contributed by atoms with E-state index in [4.69, 9.17) is 18.9 Å². The molecule has 2 saturated heterocycles. The lowest BCUT2D eigenvalue weighted by atomic mass is 9.86. The van der Waals surface area contributed by atoms with Gasteiger partial charge in [0.15, 0.2) is 12.2 Å². The summed E-state index contributed by atoms with van der Waals surface area (Å²) in [6.07, 6.45) is -4.39. The first-order valence-corrected chi connectivity index (χ1v) is 17.7. The predicted molar refractivity (Wildman–Crippen MR) is 211 cm³/mol. The number of aliphatic hydroxyl groups is 2. The number of rotatable bonds is 14. The molecule has 2 aliphatic rings. The molecule has 282 valence electrons. The number of nitrogens with zero attached hydrogens (tertiary/aromatic N) is 2. The Balaban J connectivity index is 1.18. The molecule has 10 nitrogen and oxygen atoms in total. The summed E-state index contributed by atoms with van der Waals surface area (Å²) in [5, 5.41) is 23.3. The first kappa shape index (κ1) is 38.8. The average molecular weight is 749 g/mol. The number of benzene rings is 4. The van der Waals surface area contributed by atoms with Gasteiger partial charge in [-0.15, -0.1) is 11.5 Å². The van der Waals surface area contributed by atoms with Gasteiger partial charge in [-0.3, -0.25) is 9.59 Å². The van der Waals surface area contributed by atoms with E-state index < -0.39 is 36.5 Å². The molecule has 2 N–H and O–H groups in total. The highest BCUT2D eigenvalue weighted by atomic mass is 16.5.